The van der Waals surface area contributed by atoms with Crippen molar-refractivity contribution in [3.05, 3.63) is 30.3 Å². The largest absolute Gasteiger partial charge is 0.481 e. The van der Waals surface area contributed by atoms with Crippen molar-refractivity contribution in [3.8, 4) is 0 Å². The number of carboxylic acids is 1. The molecule has 1 aliphatic heterocycles. The number of aliphatic carboxylic acids is 1. The zero-order chi connectivity index (χ0) is 12.3. The van der Waals surface area contributed by atoms with Gasteiger partial charge in [-0.25, -0.2) is 0 Å². The molecule has 92 valence electrons. The second-order valence-electron chi connectivity index (χ2n) is 4.54. The molecule has 0 unspecified atom stereocenters. The Morgan fingerprint density at radius 2 is 2.06 bits per heavy atom. The topological polar surface area (TPSA) is 43.8 Å². The molecule has 0 radical (unpaired) electrons. The first kappa shape index (κ1) is 11.9. The average Bonchev–Trinajstić information content (AvgIpc) is 2.29. The van der Waals surface area contributed by atoms with E-state index in [-0.39, 0.29) is 12.5 Å². The van der Waals surface area contributed by atoms with Crippen LogP contribution >= 0.6 is 0 Å². The Hall–Kier alpha value is -1.55. The van der Waals surface area contributed by atoms with Gasteiger partial charge in [0.15, 0.2) is 0 Å². The third-order valence-corrected chi connectivity index (χ3v) is 3.18. The van der Waals surface area contributed by atoms with Crippen molar-refractivity contribution in [1.29, 1.82) is 0 Å². The first-order chi connectivity index (χ1) is 8.16. The molecule has 0 spiro atoms. The number of hydrogen-bond donors (Lipinski definition) is 1. The SMILES string of the molecule is CN1CCN(c2ccccc2)[C@H](CC(=O)O)C1. The lowest BCUT2D eigenvalue weighted by Crippen LogP contribution is -2.52. The van der Waals surface area contributed by atoms with Gasteiger partial charge in [0.05, 0.1) is 12.5 Å². The minimum absolute atomic E-state index is 0.0636. The van der Waals surface area contributed by atoms with Gasteiger partial charge in [-0.05, 0) is 19.2 Å². The van der Waals surface area contributed by atoms with Crippen LogP contribution in [0.4, 0.5) is 5.69 Å². The van der Waals surface area contributed by atoms with E-state index in [2.05, 4.69) is 9.80 Å². The number of rotatable bonds is 3. The van der Waals surface area contributed by atoms with E-state index in [0.717, 1.165) is 25.3 Å². The molecule has 1 aromatic carbocycles. The van der Waals surface area contributed by atoms with Crippen LogP contribution in [0, 0.1) is 0 Å². The van der Waals surface area contributed by atoms with Gasteiger partial charge in [-0.1, -0.05) is 18.2 Å². The zero-order valence-corrected chi connectivity index (χ0v) is 10.0. The number of carbonyl (C=O) groups is 1. The number of nitrogens with zero attached hydrogens (tertiary/aromatic N) is 2. The van der Waals surface area contributed by atoms with Crippen LogP contribution in [0.1, 0.15) is 6.42 Å². The van der Waals surface area contributed by atoms with Crippen molar-refractivity contribution in [1.82, 2.24) is 4.90 Å². The molecule has 4 heteroatoms. The number of hydrogen-bond acceptors (Lipinski definition) is 3. The zero-order valence-electron chi connectivity index (χ0n) is 10.0. The van der Waals surface area contributed by atoms with Crippen LogP contribution in [-0.2, 0) is 4.79 Å². The van der Waals surface area contributed by atoms with Gasteiger partial charge in [0.25, 0.3) is 0 Å². The molecule has 1 aromatic rings. The second kappa shape index (κ2) is 5.19. The standard InChI is InChI=1S/C13H18N2O2/c1-14-7-8-15(11-5-3-2-4-6-11)12(10-14)9-13(16)17/h2-6,12H,7-10H2,1H3,(H,16,17)/t12-/m1/s1. The van der Waals surface area contributed by atoms with Gasteiger partial charge in [0.1, 0.15) is 0 Å². The van der Waals surface area contributed by atoms with Crippen LogP contribution in [0.25, 0.3) is 0 Å². The molecule has 0 saturated carbocycles. The van der Waals surface area contributed by atoms with Crippen molar-refractivity contribution < 1.29 is 9.90 Å². The first-order valence-electron chi connectivity index (χ1n) is 5.89. The summed E-state index contributed by atoms with van der Waals surface area (Å²) in [5.41, 5.74) is 1.12. The summed E-state index contributed by atoms with van der Waals surface area (Å²) in [6, 6.07) is 10.1. The maximum absolute atomic E-state index is 10.9. The summed E-state index contributed by atoms with van der Waals surface area (Å²) in [6.45, 7) is 2.67. The van der Waals surface area contributed by atoms with Crippen LogP contribution in [-0.4, -0.2) is 48.7 Å². The lowest BCUT2D eigenvalue weighted by molar-refractivity contribution is -0.137. The molecule has 1 atom stereocenters. The Kier molecular flexibility index (Phi) is 3.64. The Morgan fingerprint density at radius 1 is 1.35 bits per heavy atom. The number of benzene rings is 1. The number of likely N-dealkylation sites (N-methyl/N-ethyl adjacent to an activating group) is 1. The van der Waals surface area contributed by atoms with E-state index in [0.29, 0.717) is 0 Å². The van der Waals surface area contributed by atoms with E-state index in [9.17, 15) is 4.79 Å². The fraction of sp³-hybridized carbons (Fsp3) is 0.462. The fourth-order valence-corrected chi connectivity index (χ4v) is 2.35. The maximum Gasteiger partial charge on any atom is 0.305 e. The number of anilines is 1. The summed E-state index contributed by atoms with van der Waals surface area (Å²) in [6.07, 6.45) is 0.194. The number of para-hydroxylation sites is 1. The minimum Gasteiger partial charge on any atom is -0.481 e. The van der Waals surface area contributed by atoms with E-state index in [1.807, 2.05) is 37.4 Å². The maximum atomic E-state index is 10.9. The Morgan fingerprint density at radius 3 is 2.71 bits per heavy atom. The predicted molar refractivity (Wildman–Crippen MR) is 67.3 cm³/mol. The van der Waals surface area contributed by atoms with E-state index in [1.54, 1.807) is 0 Å². The van der Waals surface area contributed by atoms with Crippen molar-refractivity contribution in [2.45, 2.75) is 12.5 Å². The summed E-state index contributed by atoms with van der Waals surface area (Å²) < 4.78 is 0. The third kappa shape index (κ3) is 2.97. The first-order valence-corrected chi connectivity index (χ1v) is 5.89. The Balaban J connectivity index is 2.15. The lowest BCUT2D eigenvalue weighted by atomic mass is 10.1. The average molecular weight is 234 g/mol. The van der Waals surface area contributed by atoms with Gasteiger partial charge in [-0.15, -0.1) is 0 Å². The normalized spacial score (nSPS) is 21.5. The summed E-state index contributed by atoms with van der Waals surface area (Å²) in [7, 11) is 2.04. The van der Waals surface area contributed by atoms with E-state index in [1.165, 1.54) is 0 Å². The van der Waals surface area contributed by atoms with Crippen LogP contribution in [0.15, 0.2) is 30.3 Å². The van der Waals surface area contributed by atoms with Crippen LogP contribution in [0.3, 0.4) is 0 Å². The predicted octanol–water partition coefficient (Wildman–Crippen LogP) is 1.28. The molecule has 0 aliphatic carbocycles. The van der Waals surface area contributed by atoms with Gasteiger partial charge in [-0.2, -0.15) is 0 Å². The molecule has 1 aliphatic rings. The highest BCUT2D eigenvalue weighted by Crippen LogP contribution is 2.21. The molecular formula is C13H18N2O2. The van der Waals surface area contributed by atoms with Gasteiger partial charge in [0, 0.05) is 25.3 Å². The highest BCUT2D eigenvalue weighted by atomic mass is 16.4. The van der Waals surface area contributed by atoms with E-state index >= 15 is 0 Å². The number of piperazine rings is 1. The molecule has 1 saturated heterocycles. The summed E-state index contributed by atoms with van der Waals surface area (Å²) in [4.78, 5) is 15.3. The van der Waals surface area contributed by atoms with Gasteiger partial charge >= 0.3 is 5.97 Å². The molecule has 1 N–H and O–H groups in total. The smallest absolute Gasteiger partial charge is 0.305 e. The fourth-order valence-electron chi connectivity index (χ4n) is 2.35. The molecule has 0 amide bonds. The molecule has 0 aromatic heterocycles. The minimum atomic E-state index is -0.730. The van der Waals surface area contributed by atoms with Gasteiger partial charge < -0.3 is 14.9 Å². The summed E-state index contributed by atoms with van der Waals surface area (Å²) >= 11 is 0. The van der Waals surface area contributed by atoms with Crippen LogP contribution < -0.4 is 4.90 Å². The van der Waals surface area contributed by atoms with Crippen molar-refractivity contribution >= 4 is 11.7 Å². The quantitative estimate of drug-likeness (QED) is 0.855. The van der Waals surface area contributed by atoms with Crippen LogP contribution in [0.2, 0.25) is 0 Å². The third-order valence-electron chi connectivity index (χ3n) is 3.18. The monoisotopic (exact) mass is 234 g/mol. The second-order valence-corrected chi connectivity index (χ2v) is 4.54. The van der Waals surface area contributed by atoms with Crippen LogP contribution in [0.5, 0.6) is 0 Å². The van der Waals surface area contributed by atoms with Gasteiger partial charge in [0.2, 0.25) is 0 Å². The lowest BCUT2D eigenvalue weighted by Gasteiger charge is -2.41. The highest BCUT2D eigenvalue weighted by Gasteiger charge is 2.27. The molecular weight excluding hydrogens is 216 g/mol. The molecule has 17 heavy (non-hydrogen) atoms. The molecule has 0 bridgehead atoms. The Bertz CT molecular complexity index is 380. The summed E-state index contributed by atoms with van der Waals surface area (Å²) in [5, 5.41) is 8.97. The van der Waals surface area contributed by atoms with Gasteiger partial charge in [-0.3, -0.25) is 4.79 Å². The summed E-state index contributed by atoms with van der Waals surface area (Å²) in [5.74, 6) is -0.730. The van der Waals surface area contributed by atoms with Crippen molar-refractivity contribution in [3.63, 3.8) is 0 Å². The van der Waals surface area contributed by atoms with E-state index in [4.69, 9.17) is 5.11 Å². The number of carboxylic acid groups (broad SMARTS) is 1. The Labute approximate surface area is 101 Å². The highest BCUT2D eigenvalue weighted by molar-refractivity contribution is 5.68. The molecule has 1 heterocycles. The molecule has 1 fully saturated rings. The van der Waals surface area contributed by atoms with E-state index < -0.39 is 5.97 Å². The van der Waals surface area contributed by atoms with Crippen molar-refractivity contribution in [2.24, 2.45) is 0 Å². The van der Waals surface area contributed by atoms with Crippen molar-refractivity contribution in [2.75, 3.05) is 31.6 Å². The molecule has 4 nitrogen and oxygen atoms in total. The molecule has 2 rings (SSSR count).